The second-order valence-electron chi connectivity index (χ2n) is 6.74. The summed E-state index contributed by atoms with van der Waals surface area (Å²) in [5, 5.41) is 3.47. The van der Waals surface area contributed by atoms with Crippen LogP contribution in [0, 0.1) is 0 Å². The maximum absolute atomic E-state index is 13.7. The molecule has 2 aliphatic heterocycles. The fourth-order valence-corrected chi connectivity index (χ4v) is 4.63. The Labute approximate surface area is 167 Å². The molecule has 0 radical (unpaired) electrons. The number of carbonyl (C=O) groups excluding carboxylic acids is 1. The lowest BCUT2D eigenvalue weighted by molar-refractivity contribution is -0.133. The number of hydrogen-bond acceptors (Lipinski definition) is 4. The molecule has 26 heavy (non-hydrogen) atoms. The minimum absolute atomic E-state index is 0.0114. The molecule has 3 unspecified atom stereocenters. The highest BCUT2D eigenvalue weighted by molar-refractivity contribution is 9.10. The second-order valence-corrected chi connectivity index (χ2v) is 8.14. The molecule has 2 fully saturated rings. The van der Waals surface area contributed by atoms with Gasteiger partial charge in [-0.05, 0) is 36.1 Å². The molecule has 1 N–H and O–H groups in total. The van der Waals surface area contributed by atoms with Crippen LogP contribution in [-0.2, 0) is 15.1 Å². The zero-order valence-electron chi connectivity index (χ0n) is 14.3. The molecule has 1 amide bonds. The van der Waals surface area contributed by atoms with E-state index in [9.17, 15) is 4.79 Å². The quantitative estimate of drug-likeness (QED) is 0.726. The van der Waals surface area contributed by atoms with Crippen LogP contribution < -0.4 is 5.32 Å². The fourth-order valence-electron chi connectivity index (χ4n) is 3.84. The van der Waals surface area contributed by atoms with Gasteiger partial charge in [0, 0.05) is 17.6 Å². The maximum Gasteiger partial charge on any atom is 0.254 e. The van der Waals surface area contributed by atoms with Gasteiger partial charge in [-0.2, -0.15) is 0 Å². The molecule has 2 heterocycles. The minimum atomic E-state index is -0.948. The minimum Gasteiger partial charge on any atom is -0.376 e. The van der Waals surface area contributed by atoms with E-state index in [-0.39, 0.29) is 17.5 Å². The highest BCUT2D eigenvalue weighted by atomic mass is 79.9. The van der Waals surface area contributed by atoms with Crippen LogP contribution in [0.2, 0.25) is 0 Å². The Morgan fingerprint density at radius 3 is 2.65 bits per heavy atom. The molecule has 4 rings (SSSR count). The third-order valence-corrected chi connectivity index (χ3v) is 6.01. The van der Waals surface area contributed by atoms with Crippen LogP contribution in [0.1, 0.15) is 24.0 Å². The molecule has 6 heteroatoms. The third-order valence-electron chi connectivity index (χ3n) is 5.11. The Hall–Kier alpha value is -1.34. The van der Waals surface area contributed by atoms with Gasteiger partial charge < -0.3 is 9.64 Å². The standard InChI is InChI=1S/C20H21BrN2O2S/c21-16-9-4-8-15(12-16)20(14-6-2-1-3-7-14)18(24)23(19(26)22-20)13-17-10-5-11-25-17/h1-4,6-9,12,17,19,22,26H,5,10-11,13H2. The molecule has 4 nitrogen and oxygen atoms in total. The van der Waals surface area contributed by atoms with Crippen LogP contribution in [0.3, 0.4) is 0 Å². The largest absolute Gasteiger partial charge is 0.376 e. The average Bonchev–Trinajstić information content (AvgIpc) is 3.25. The summed E-state index contributed by atoms with van der Waals surface area (Å²) in [5.74, 6) is 0.0114. The van der Waals surface area contributed by atoms with Crippen LogP contribution in [-0.4, -0.2) is 35.6 Å². The number of benzene rings is 2. The topological polar surface area (TPSA) is 41.6 Å². The summed E-state index contributed by atoms with van der Waals surface area (Å²) in [6, 6.07) is 17.7. The highest BCUT2D eigenvalue weighted by Crippen LogP contribution is 2.39. The van der Waals surface area contributed by atoms with Crippen molar-refractivity contribution in [1.82, 2.24) is 10.2 Å². The number of thiol groups is 1. The predicted octanol–water partition coefficient (Wildman–Crippen LogP) is 3.52. The van der Waals surface area contributed by atoms with E-state index in [2.05, 4.69) is 33.9 Å². The number of nitrogens with zero attached hydrogens (tertiary/aromatic N) is 1. The van der Waals surface area contributed by atoms with Gasteiger partial charge in [0.25, 0.3) is 5.91 Å². The Morgan fingerprint density at radius 1 is 1.19 bits per heavy atom. The van der Waals surface area contributed by atoms with E-state index in [1.807, 2.05) is 54.6 Å². The maximum atomic E-state index is 13.7. The van der Waals surface area contributed by atoms with Crippen molar-refractivity contribution in [3.05, 3.63) is 70.2 Å². The average molecular weight is 433 g/mol. The summed E-state index contributed by atoms with van der Waals surface area (Å²) in [5.41, 5.74) is 0.496. The number of nitrogens with one attached hydrogen (secondary N) is 1. The SMILES string of the molecule is O=C1N(CC2CCCO2)C(S)NC1(c1ccccc1)c1cccc(Br)c1. The number of carbonyl (C=O) groups is 1. The van der Waals surface area contributed by atoms with Crippen LogP contribution in [0.15, 0.2) is 59.1 Å². The Morgan fingerprint density at radius 2 is 1.96 bits per heavy atom. The number of halogens is 1. The summed E-state index contributed by atoms with van der Waals surface area (Å²) in [6.07, 6.45) is 2.12. The van der Waals surface area contributed by atoms with E-state index < -0.39 is 5.54 Å². The van der Waals surface area contributed by atoms with Gasteiger partial charge in [-0.25, -0.2) is 0 Å². The van der Waals surface area contributed by atoms with Crippen molar-refractivity contribution in [3.63, 3.8) is 0 Å². The zero-order chi connectivity index (χ0) is 18.1. The van der Waals surface area contributed by atoms with Gasteiger partial charge in [0.2, 0.25) is 0 Å². The van der Waals surface area contributed by atoms with Crippen LogP contribution in [0.4, 0.5) is 0 Å². The monoisotopic (exact) mass is 432 g/mol. The van der Waals surface area contributed by atoms with Crippen molar-refractivity contribution in [2.75, 3.05) is 13.2 Å². The van der Waals surface area contributed by atoms with E-state index in [4.69, 9.17) is 4.74 Å². The fraction of sp³-hybridized carbons (Fsp3) is 0.350. The molecule has 0 aliphatic carbocycles. The highest BCUT2D eigenvalue weighted by Gasteiger charge is 2.53. The zero-order valence-corrected chi connectivity index (χ0v) is 16.7. The molecule has 3 atom stereocenters. The summed E-state index contributed by atoms with van der Waals surface area (Å²) in [4.78, 5) is 15.5. The van der Waals surface area contributed by atoms with E-state index in [0.29, 0.717) is 6.54 Å². The van der Waals surface area contributed by atoms with E-state index in [1.165, 1.54) is 0 Å². The predicted molar refractivity (Wildman–Crippen MR) is 108 cm³/mol. The van der Waals surface area contributed by atoms with Gasteiger partial charge in [0.05, 0.1) is 6.10 Å². The van der Waals surface area contributed by atoms with Gasteiger partial charge in [-0.3, -0.25) is 10.1 Å². The molecule has 2 aromatic rings. The number of ether oxygens (including phenoxy) is 1. The molecule has 136 valence electrons. The van der Waals surface area contributed by atoms with Crippen LogP contribution in [0.5, 0.6) is 0 Å². The third kappa shape index (κ3) is 3.09. The molecule has 0 bridgehead atoms. The van der Waals surface area contributed by atoms with E-state index >= 15 is 0 Å². The Bertz CT molecular complexity index is 797. The van der Waals surface area contributed by atoms with Crippen molar-refractivity contribution in [1.29, 1.82) is 0 Å². The lowest BCUT2D eigenvalue weighted by Gasteiger charge is -2.29. The number of hydrogen-bond donors (Lipinski definition) is 2. The van der Waals surface area contributed by atoms with Gasteiger partial charge in [0.15, 0.2) is 5.54 Å². The molecule has 0 spiro atoms. The normalized spacial score (nSPS) is 28.7. The Balaban J connectivity index is 1.77. The Kier molecular flexibility index (Phi) is 5.10. The molecule has 2 aliphatic rings. The van der Waals surface area contributed by atoms with E-state index in [0.717, 1.165) is 35.0 Å². The van der Waals surface area contributed by atoms with Crippen LogP contribution >= 0.6 is 28.6 Å². The van der Waals surface area contributed by atoms with Crippen molar-refractivity contribution < 1.29 is 9.53 Å². The summed E-state index contributed by atoms with van der Waals surface area (Å²) in [7, 11) is 0. The lowest BCUT2D eigenvalue weighted by atomic mass is 9.82. The molecular weight excluding hydrogens is 412 g/mol. The van der Waals surface area contributed by atoms with E-state index in [1.54, 1.807) is 4.90 Å². The first-order valence-corrected chi connectivity index (χ1v) is 10.1. The lowest BCUT2D eigenvalue weighted by Crippen LogP contribution is -2.45. The van der Waals surface area contributed by atoms with Crippen molar-refractivity contribution in [2.24, 2.45) is 0 Å². The van der Waals surface area contributed by atoms with Crippen molar-refractivity contribution >= 4 is 34.5 Å². The number of rotatable bonds is 4. The van der Waals surface area contributed by atoms with Gasteiger partial charge in [-0.1, -0.05) is 58.4 Å². The first-order chi connectivity index (χ1) is 12.6. The van der Waals surface area contributed by atoms with Gasteiger partial charge in [0.1, 0.15) is 5.50 Å². The summed E-state index contributed by atoms with van der Waals surface area (Å²) < 4.78 is 6.69. The second kappa shape index (κ2) is 7.35. The van der Waals surface area contributed by atoms with Crippen molar-refractivity contribution in [2.45, 2.75) is 30.0 Å². The molecule has 2 aromatic carbocycles. The summed E-state index contributed by atoms with van der Waals surface area (Å²) in [6.45, 7) is 1.33. The van der Waals surface area contributed by atoms with Crippen LogP contribution in [0.25, 0.3) is 0 Å². The van der Waals surface area contributed by atoms with Crippen molar-refractivity contribution in [3.8, 4) is 0 Å². The molecule has 0 saturated carbocycles. The van der Waals surface area contributed by atoms with Gasteiger partial charge in [-0.15, -0.1) is 12.6 Å². The molecule has 2 saturated heterocycles. The molecule has 0 aromatic heterocycles. The first kappa shape index (κ1) is 18.0. The number of amides is 1. The molecular formula is C20H21BrN2O2S. The first-order valence-electron chi connectivity index (χ1n) is 8.81. The van der Waals surface area contributed by atoms with Gasteiger partial charge >= 0.3 is 0 Å². The summed E-state index contributed by atoms with van der Waals surface area (Å²) >= 11 is 8.22. The smallest absolute Gasteiger partial charge is 0.254 e.